The summed E-state index contributed by atoms with van der Waals surface area (Å²) in [7, 11) is 0. The highest BCUT2D eigenvalue weighted by Crippen LogP contribution is 2.27. The normalized spacial score (nSPS) is 12.3. The zero-order valence-electron chi connectivity index (χ0n) is 14.5. The summed E-state index contributed by atoms with van der Waals surface area (Å²) in [5.74, 6) is -1.82. The molecule has 0 spiro atoms. The van der Waals surface area contributed by atoms with Crippen LogP contribution < -0.4 is 15.6 Å². The number of aromatic nitrogens is 2. The molecule has 2 heterocycles. The van der Waals surface area contributed by atoms with Crippen molar-refractivity contribution >= 4 is 5.91 Å². The summed E-state index contributed by atoms with van der Waals surface area (Å²) in [6.07, 6.45) is -2.35. The summed E-state index contributed by atoms with van der Waals surface area (Å²) >= 11 is 0. The minimum Gasteiger partial charge on any atom is -0.406 e. The predicted octanol–water partition coefficient (Wildman–Crippen LogP) is 3.33. The third kappa shape index (κ3) is 5.18. The number of pyridine rings is 2. The SMILES string of the molecule is O=C(NC(c1ccc(OC(F)(F)F)cc1)c1ncccc1F)c1ccc(=O)[nH]c1. The maximum Gasteiger partial charge on any atom is 0.573 e. The fourth-order valence-corrected chi connectivity index (χ4v) is 2.55. The van der Waals surface area contributed by atoms with E-state index in [1.165, 1.54) is 36.7 Å². The zero-order chi connectivity index (χ0) is 21.0. The van der Waals surface area contributed by atoms with Crippen LogP contribution in [0.4, 0.5) is 17.6 Å². The molecule has 0 aliphatic rings. The molecule has 150 valence electrons. The number of carbonyl (C=O) groups excluding carboxylic acids is 1. The van der Waals surface area contributed by atoms with Crippen molar-refractivity contribution in [3.8, 4) is 5.75 Å². The molecule has 10 heteroatoms. The molecule has 2 aromatic heterocycles. The Kier molecular flexibility index (Phi) is 5.62. The number of ether oxygens (including phenoxy) is 1. The van der Waals surface area contributed by atoms with E-state index in [0.717, 1.165) is 24.3 Å². The van der Waals surface area contributed by atoms with Gasteiger partial charge in [-0.15, -0.1) is 13.2 Å². The van der Waals surface area contributed by atoms with E-state index in [9.17, 15) is 27.2 Å². The third-order valence-electron chi connectivity index (χ3n) is 3.83. The van der Waals surface area contributed by atoms with Crippen LogP contribution in [0, 0.1) is 5.82 Å². The lowest BCUT2D eigenvalue weighted by Crippen LogP contribution is -2.31. The molecule has 6 nitrogen and oxygen atoms in total. The molecule has 0 bridgehead atoms. The van der Waals surface area contributed by atoms with Crippen LogP contribution in [0.5, 0.6) is 5.75 Å². The Morgan fingerprint density at radius 1 is 1.10 bits per heavy atom. The first-order chi connectivity index (χ1) is 13.7. The molecule has 2 N–H and O–H groups in total. The van der Waals surface area contributed by atoms with Gasteiger partial charge in [-0.1, -0.05) is 12.1 Å². The molecule has 1 atom stereocenters. The molecular weight excluding hydrogens is 394 g/mol. The predicted molar refractivity (Wildman–Crippen MR) is 93.7 cm³/mol. The first kappa shape index (κ1) is 20.1. The van der Waals surface area contributed by atoms with Gasteiger partial charge in [0, 0.05) is 18.5 Å². The summed E-state index contributed by atoms with van der Waals surface area (Å²) in [5.41, 5.74) is -0.165. The number of halogens is 4. The summed E-state index contributed by atoms with van der Waals surface area (Å²) in [6, 6.07) is 8.43. The highest BCUT2D eigenvalue weighted by molar-refractivity contribution is 5.94. The summed E-state index contributed by atoms with van der Waals surface area (Å²) < 4.78 is 55.1. The van der Waals surface area contributed by atoms with Crippen LogP contribution in [0.15, 0.2) is 65.7 Å². The summed E-state index contributed by atoms with van der Waals surface area (Å²) in [4.78, 5) is 30.0. The van der Waals surface area contributed by atoms with Gasteiger partial charge in [-0.25, -0.2) is 4.39 Å². The fraction of sp³-hybridized carbons (Fsp3) is 0.105. The molecule has 0 saturated carbocycles. The van der Waals surface area contributed by atoms with Crippen molar-refractivity contribution in [2.24, 2.45) is 0 Å². The van der Waals surface area contributed by atoms with Crippen LogP contribution in [0.2, 0.25) is 0 Å². The number of hydrogen-bond acceptors (Lipinski definition) is 4. The van der Waals surface area contributed by atoms with Crippen LogP contribution in [-0.2, 0) is 0 Å². The minimum atomic E-state index is -4.85. The molecule has 0 aliphatic carbocycles. The van der Waals surface area contributed by atoms with E-state index in [1.54, 1.807) is 0 Å². The van der Waals surface area contributed by atoms with Gasteiger partial charge < -0.3 is 15.0 Å². The largest absolute Gasteiger partial charge is 0.573 e. The lowest BCUT2D eigenvalue weighted by molar-refractivity contribution is -0.274. The van der Waals surface area contributed by atoms with E-state index in [-0.39, 0.29) is 16.8 Å². The molecule has 0 saturated heterocycles. The van der Waals surface area contributed by atoms with Crippen molar-refractivity contribution in [3.05, 3.63) is 93.9 Å². The van der Waals surface area contributed by atoms with Crippen molar-refractivity contribution in [1.29, 1.82) is 0 Å². The number of carbonyl (C=O) groups is 1. The quantitative estimate of drug-likeness (QED) is 0.636. The second-order valence-corrected chi connectivity index (χ2v) is 5.84. The number of rotatable bonds is 5. The summed E-state index contributed by atoms with van der Waals surface area (Å²) in [5, 5.41) is 2.57. The standard InChI is InChI=1S/C19H13F4N3O3/c20-14-2-1-9-24-17(14)16(26-18(28)12-5-8-15(27)25-10-12)11-3-6-13(7-4-11)29-19(21,22)23/h1-10,16H,(H,25,27)(H,26,28). The number of benzene rings is 1. The molecule has 3 aromatic rings. The van der Waals surface area contributed by atoms with E-state index in [0.29, 0.717) is 0 Å². The van der Waals surface area contributed by atoms with Crippen molar-refractivity contribution < 1.29 is 27.1 Å². The molecule has 0 fully saturated rings. The minimum absolute atomic E-state index is 0.1000. The highest BCUT2D eigenvalue weighted by Gasteiger charge is 2.31. The Morgan fingerprint density at radius 3 is 2.41 bits per heavy atom. The maximum atomic E-state index is 14.3. The van der Waals surface area contributed by atoms with Crippen molar-refractivity contribution in [2.75, 3.05) is 0 Å². The number of nitrogens with one attached hydrogen (secondary N) is 2. The van der Waals surface area contributed by atoms with Crippen LogP contribution in [0.3, 0.4) is 0 Å². The first-order valence-corrected chi connectivity index (χ1v) is 8.18. The van der Waals surface area contributed by atoms with Gasteiger partial charge in [-0.2, -0.15) is 0 Å². The van der Waals surface area contributed by atoms with E-state index in [4.69, 9.17) is 0 Å². The van der Waals surface area contributed by atoms with Gasteiger partial charge in [0.25, 0.3) is 5.91 Å². The van der Waals surface area contributed by atoms with Crippen molar-refractivity contribution in [2.45, 2.75) is 12.4 Å². The molecule has 0 aliphatic heterocycles. The average molecular weight is 407 g/mol. The van der Waals surface area contributed by atoms with Crippen LogP contribution >= 0.6 is 0 Å². The second-order valence-electron chi connectivity index (χ2n) is 5.84. The van der Waals surface area contributed by atoms with Crippen LogP contribution in [-0.4, -0.2) is 22.2 Å². The van der Waals surface area contributed by atoms with E-state index in [2.05, 4.69) is 20.0 Å². The molecular formula is C19H13F4N3O3. The Balaban J connectivity index is 1.93. The number of alkyl halides is 3. The van der Waals surface area contributed by atoms with E-state index in [1.807, 2.05) is 0 Å². The zero-order valence-corrected chi connectivity index (χ0v) is 14.5. The third-order valence-corrected chi connectivity index (χ3v) is 3.83. The molecule has 1 unspecified atom stereocenters. The van der Waals surface area contributed by atoms with E-state index < -0.39 is 35.4 Å². The lowest BCUT2D eigenvalue weighted by atomic mass is 10.0. The molecule has 1 aromatic carbocycles. The number of nitrogens with zero attached hydrogens (tertiary/aromatic N) is 1. The van der Waals surface area contributed by atoms with Crippen molar-refractivity contribution in [1.82, 2.24) is 15.3 Å². The maximum absolute atomic E-state index is 14.3. The number of amides is 1. The van der Waals surface area contributed by atoms with Crippen LogP contribution in [0.25, 0.3) is 0 Å². The molecule has 3 rings (SSSR count). The monoisotopic (exact) mass is 407 g/mol. The van der Waals surface area contributed by atoms with E-state index >= 15 is 0 Å². The first-order valence-electron chi connectivity index (χ1n) is 8.18. The van der Waals surface area contributed by atoms with Gasteiger partial charge in [0.05, 0.1) is 11.6 Å². The number of H-pyrrole nitrogens is 1. The van der Waals surface area contributed by atoms with Gasteiger partial charge >= 0.3 is 6.36 Å². The Bertz CT molecular complexity index is 1040. The second kappa shape index (κ2) is 8.13. The number of hydrogen-bond donors (Lipinski definition) is 2. The van der Waals surface area contributed by atoms with Crippen molar-refractivity contribution in [3.63, 3.8) is 0 Å². The van der Waals surface area contributed by atoms with Gasteiger partial charge in [-0.05, 0) is 35.9 Å². The molecule has 29 heavy (non-hydrogen) atoms. The Hall–Kier alpha value is -3.69. The average Bonchev–Trinajstić information content (AvgIpc) is 2.67. The molecule has 0 radical (unpaired) electrons. The Labute approximate surface area is 161 Å². The van der Waals surface area contributed by atoms with Gasteiger partial charge in [0.15, 0.2) is 0 Å². The fourth-order valence-electron chi connectivity index (χ4n) is 2.55. The highest BCUT2D eigenvalue weighted by atomic mass is 19.4. The molecule has 1 amide bonds. The van der Waals surface area contributed by atoms with Gasteiger partial charge in [-0.3, -0.25) is 14.6 Å². The lowest BCUT2D eigenvalue weighted by Gasteiger charge is -2.20. The van der Waals surface area contributed by atoms with Gasteiger partial charge in [0.1, 0.15) is 17.3 Å². The van der Waals surface area contributed by atoms with Gasteiger partial charge in [0.2, 0.25) is 5.56 Å². The summed E-state index contributed by atoms with van der Waals surface area (Å²) in [6.45, 7) is 0. The topological polar surface area (TPSA) is 84.1 Å². The number of aromatic amines is 1. The van der Waals surface area contributed by atoms with Crippen LogP contribution in [0.1, 0.15) is 27.7 Å². The Morgan fingerprint density at radius 2 is 1.83 bits per heavy atom. The smallest absolute Gasteiger partial charge is 0.406 e.